The summed E-state index contributed by atoms with van der Waals surface area (Å²) in [6.45, 7) is 6.34. The molecule has 0 spiro atoms. The minimum Gasteiger partial charge on any atom is -0.326 e. The summed E-state index contributed by atoms with van der Waals surface area (Å²) in [5.41, 5.74) is 4.06. The van der Waals surface area contributed by atoms with E-state index < -0.39 is 0 Å². The predicted octanol–water partition coefficient (Wildman–Crippen LogP) is 6.18. The molecule has 1 N–H and O–H groups in total. The topological polar surface area (TPSA) is 49.4 Å². The fourth-order valence-corrected chi connectivity index (χ4v) is 5.00. The molecule has 2 aromatic rings. The van der Waals surface area contributed by atoms with Crippen molar-refractivity contribution in [2.24, 2.45) is 5.92 Å². The van der Waals surface area contributed by atoms with Crippen LogP contribution in [-0.4, -0.2) is 17.6 Å². The van der Waals surface area contributed by atoms with Crippen LogP contribution < -0.4 is 10.2 Å². The molecule has 0 radical (unpaired) electrons. The molecule has 3 rings (SSSR count). The van der Waals surface area contributed by atoms with E-state index in [9.17, 15) is 9.59 Å². The van der Waals surface area contributed by atoms with Gasteiger partial charge in [-0.25, -0.2) is 0 Å². The first-order valence-electron chi connectivity index (χ1n) is 11.0. The molecule has 1 aliphatic rings. The van der Waals surface area contributed by atoms with Gasteiger partial charge in [-0.05, 0) is 54.7 Å². The van der Waals surface area contributed by atoms with Crippen molar-refractivity contribution in [1.29, 1.82) is 0 Å². The van der Waals surface area contributed by atoms with Gasteiger partial charge in [-0.3, -0.25) is 14.5 Å². The van der Waals surface area contributed by atoms with Crippen molar-refractivity contribution in [3.8, 4) is 0 Å². The molecule has 1 heterocycles. The summed E-state index contributed by atoms with van der Waals surface area (Å²) in [6, 6.07) is 16.2. The number of rotatable bonds is 9. The van der Waals surface area contributed by atoms with Crippen LogP contribution in [0.1, 0.15) is 63.0 Å². The summed E-state index contributed by atoms with van der Waals surface area (Å²) in [7, 11) is 0. The van der Waals surface area contributed by atoms with Gasteiger partial charge in [-0.1, -0.05) is 57.9 Å². The van der Waals surface area contributed by atoms with Gasteiger partial charge < -0.3 is 5.32 Å². The summed E-state index contributed by atoms with van der Waals surface area (Å²) in [4.78, 5) is 27.1. The van der Waals surface area contributed by atoms with Crippen LogP contribution in [0.25, 0.3) is 0 Å². The number of carbonyl (C=O) groups excluding carboxylic acids is 2. The maximum atomic E-state index is 12.6. The maximum absolute atomic E-state index is 12.6. The first kappa shape index (κ1) is 22.4. The van der Waals surface area contributed by atoms with Crippen LogP contribution in [0.5, 0.6) is 0 Å². The minimum atomic E-state index is -0.0395. The average Bonchev–Trinajstić information content (AvgIpc) is 3.16. The number of benzene rings is 2. The Morgan fingerprint density at radius 1 is 1.17 bits per heavy atom. The first-order chi connectivity index (χ1) is 14.6. The Morgan fingerprint density at radius 2 is 1.93 bits per heavy atom. The molecular formula is C25H32N2O2S. The van der Waals surface area contributed by atoms with Crippen molar-refractivity contribution in [3.05, 3.63) is 59.7 Å². The van der Waals surface area contributed by atoms with Crippen molar-refractivity contribution >= 4 is 35.0 Å². The lowest BCUT2D eigenvalue weighted by atomic mass is 9.98. The van der Waals surface area contributed by atoms with E-state index in [0.29, 0.717) is 5.75 Å². The zero-order valence-corrected chi connectivity index (χ0v) is 19.0. The Balaban J connectivity index is 1.73. The number of amides is 2. The molecule has 2 atom stereocenters. The monoisotopic (exact) mass is 424 g/mol. The second-order valence-corrected chi connectivity index (χ2v) is 8.88. The SMILES string of the molecule is CCCC[C@@H](CC)C(=O)Nc1ccc([C@H]2SCC(=O)N2c2cccc(CC)c2)cc1. The van der Waals surface area contributed by atoms with Crippen molar-refractivity contribution in [1.82, 2.24) is 0 Å². The van der Waals surface area contributed by atoms with Gasteiger partial charge in [0.15, 0.2) is 0 Å². The van der Waals surface area contributed by atoms with Crippen LogP contribution in [0.3, 0.4) is 0 Å². The van der Waals surface area contributed by atoms with E-state index >= 15 is 0 Å². The average molecular weight is 425 g/mol. The number of unbranched alkanes of at least 4 members (excludes halogenated alkanes) is 1. The highest BCUT2D eigenvalue weighted by molar-refractivity contribution is 8.00. The number of carbonyl (C=O) groups is 2. The molecule has 0 unspecified atom stereocenters. The standard InChI is InChI=1S/C25H32N2O2S/c1-4-7-10-19(6-3)24(29)26-21-14-12-20(13-15-21)25-27(23(28)17-30-25)22-11-8-9-18(5-2)16-22/h8-9,11-16,19,25H,4-7,10,17H2,1-3H3,(H,26,29)/t19-,25-/m1/s1. The Kier molecular flexibility index (Phi) is 7.97. The Labute approximate surface area is 184 Å². The van der Waals surface area contributed by atoms with Crippen molar-refractivity contribution in [2.75, 3.05) is 16.0 Å². The summed E-state index contributed by atoms with van der Waals surface area (Å²) >= 11 is 1.65. The Hall–Kier alpha value is -2.27. The third kappa shape index (κ3) is 5.25. The molecule has 4 nitrogen and oxygen atoms in total. The van der Waals surface area contributed by atoms with E-state index in [4.69, 9.17) is 0 Å². The van der Waals surface area contributed by atoms with Crippen LogP contribution in [0.2, 0.25) is 0 Å². The first-order valence-corrected chi connectivity index (χ1v) is 12.1. The number of aryl methyl sites for hydroxylation is 1. The van der Waals surface area contributed by atoms with Crippen LogP contribution in [-0.2, 0) is 16.0 Å². The summed E-state index contributed by atoms with van der Waals surface area (Å²) < 4.78 is 0. The molecule has 1 fully saturated rings. The fraction of sp³-hybridized carbons (Fsp3) is 0.440. The maximum Gasteiger partial charge on any atom is 0.238 e. The van der Waals surface area contributed by atoms with E-state index in [0.717, 1.165) is 49.0 Å². The highest BCUT2D eigenvalue weighted by Crippen LogP contribution is 2.42. The van der Waals surface area contributed by atoms with E-state index in [1.54, 1.807) is 11.8 Å². The number of nitrogens with one attached hydrogen (secondary N) is 1. The predicted molar refractivity (Wildman–Crippen MR) is 127 cm³/mol. The lowest BCUT2D eigenvalue weighted by molar-refractivity contribution is -0.120. The Bertz CT molecular complexity index is 866. The van der Waals surface area contributed by atoms with E-state index in [2.05, 4.69) is 38.2 Å². The summed E-state index contributed by atoms with van der Waals surface area (Å²) in [6.07, 6.45) is 4.92. The van der Waals surface area contributed by atoms with Crippen molar-refractivity contribution < 1.29 is 9.59 Å². The number of hydrogen-bond acceptors (Lipinski definition) is 3. The molecular weight excluding hydrogens is 392 g/mol. The lowest BCUT2D eigenvalue weighted by Crippen LogP contribution is -2.28. The van der Waals surface area contributed by atoms with E-state index in [1.807, 2.05) is 41.3 Å². The van der Waals surface area contributed by atoms with E-state index in [1.165, 1.54) is 5.56 Å². The van der Waals surface area contributed by atoms with Crippen LogP contribution in [0.15, 0.2) is 48.5 Å². The summed E-state index contributed by atoms with van der Waals surface area (Å²) in [5.74, 6) is 0.781. The fourth-order valence-electron chi connectivity index (χ4n) is 3.82. The zero-order chi connectivity index (χ0) is 21.5. The quantitative estimate of drug-likeness (QED) is 0.523. The minimum absolute atomic E-state index is 0.0395. The van der Waals surface area contributed by atoms with Gasteiger partial charge in [-0.2, -0.15) is 0 Å². The van der Waals surface area contributed by atoms with Gasteiger partial charge in [0, 0.05) is 17.3 Å². The second-order valence-electron chi connectivity index (χ2n) is 7.81. The molecule has 2 aromatic carbocycles. The molecule has 0 saturated carbocycles. The van der Waals surface area contributed by atoms with Gasteiger partial charge in [-0.15, -0.1) is 11.8 Å². The van der Waals surface area contributed by atoms with Crippen LogP contribution >= 0.6 is 11.8 Å². The normalized spacial score (nSPS) is 17.2. The molecule has 1 saturated heterocycles. The summed E-state index contributed by atoms with van der Waals surface area (Å²) in [5, 5.41) is 3.02. The molecule has 1 aliphatic heterocycles. The highest BCUT2D eigenvalue weighted by Gasteiger charge is 2.34. The number of thioether (sulfide) groups is 1. The Morgan fingerprint density at radius 3 is 2.60 bits per heavy atom. The van der Waals surface area contributed by atoms with Crippen molar-refractivity contribution in [3.63, 3.8) is 0 Å². The van der Waals surface area contributed by atoms with Gasteiger partial charge in [0.2, 0.25) is 11.8 Å². The smallest absolute Gasteiger partial charge is 0.238 e. The third-order valence-electron chi connectivity index (χ3n) is 5.70. The molecule has 5 heteroatoms. The lowest BCUT2D eigenvalue weighted by Gasteiger charge is -2.25. The highest BCUT2D eigenvalue weighted by atomic mass is 32.2. The van der Waals surface area contributed by atoms with Gasteiger partial charge in [0.05, 0.1) is 5.75 Å². The second kappa shape index (κ2) is 10.7. The molecule has 0 bridgehead atoms. The van der Waals surface area contributed by atoms with Crippen molar-refractivity contribution in [2.45, 2.75) is 58.2 Å². The van der Waals surface area contributed by atoms with Crippen LogP contribution in [0.4, 0.5) is 11.4 Å². The molecule has 30 heavy (non-hydrogen) atoms. The van der Waals surface area contributed by atoms with Gasteiger partial charge in [0.25, 0.3) is 0 Å². The zero-order valence-electron chi connectivity index (χ0n) is 18.2. The molecule has 2 amide bonds. The van der Waals surface area contributed by atoms with E-state index in [-0.39, 0.29) is 23.1 Å². The third-order valence-corrected chi connectivity index (χ3v) is 6.91. The van der Waals surface area contributed by atoms with Crippen LogP contribution in [0, 0.1) is 5.92 Å². The molecule has 160 valence electrons. The van der Waals surface area contributed by atoms with Gasteiger partial charge in [0.1, 0.15) is 5.37 Å². The molecule has 0 aromatic heterocycles. The largest absolute Gasteiger partial charge is 0.326 e. The number of anilines is 2. The number of nitrogens with zero attached hydrogens (tertiary/aromatic N) is 1. The van der Waals surface area contributed by atoms with Gasteiger partial charge >= 0.3 is 0 Å². The molecule has 0 aliphatic carbocycles. The number of hydrogen-bond donors (Lipinski definition) is 1.